The van der Waals surface area contributed by atoms with E-state index in [2.05, 4.69) is 6.19 Å². The van der Waals surface area contributed by atoms with Crippen molar-refractivity contribution in [1.29, 1.82) is 5.26 Å². The number of carbonyl (C=O) groups is 1. The minimum atomic E-state index is -0.231. The number of piperidine rings is 1. The van der Waals surface area contributed by atoms with E-state index in [-0.39, 0.29) is 5.91 Å². The molecule has 66 valence electrons. The monoisotopic (exact) mass is 167 g/mol. The molecule has 1 saturated heterocycles. The van der Waals surface area contributed by atoms with Gasteiger partial charge in [0, 0.05) is 19.5 Å². The van der Waals surface area contributed by atoms with Crippen LogP contribution in [-0.4, -0.2) is 23.9 Å². The Balaban J connectivity index is 2.27. The highest BCUT2D eigenvalue weighted by atomic mass is 16.1. The van der Waals surface area contributed by atoms with Crippen LogP contribution in [-0.2, 0) is 4.79 Å². The van der Waals surface area contributed by atoms with Gasteiger partial charge in [-0.05, 0) is 18.8 Å². The molecular formula is C8H13N3O. The zero-order valence-electron chi connectivity index (χ0n) is 6.99. The third kappa shape index (κ3) is 2.42. The van der Waals surface area contributed by atoms with Gasteiger partial charge in [0.25, 0.3) is 0 Å². The summed E-state index contributed by atoms with van der Waals surface area (Å²) in [5.74, 6) is 0.164. The van der Waals surface area contributed by atoms with E-state index in [4.69, 9.17) is 11.0 Å². The van der Waals surface area contributed by atoms with E-state index in [0.29, 0.717) is 12.3 Å². The average Bonchev–Trinajstić information content (AvgIpc) is 2.05. The maximum atomic E-state index is 10.6. The van der Waals surface area contributed by atoms with Crippen molar-refractivity contribution in [2.45, 2.75) is 19.3 Å². The molecule has 4 nitrogen and oxygen atoms in total. The first-order chi connectivity index (χ1) is 5.72. The zero-order chi connectivity index (χ0) is 8.97. The molecule has 0 unspecified atom stereocenters. The molecule has 1 fully saturated rings. The molecule has 1 aliphatic heterocycles. The first kappa shape index (κ1) is 8.85. The molecule has 0 aliphatic carbocycles. The van der Waals surface area contributed by atoms with Crippen molar-refractivity contribution in [1.82, 2.24) is 4.90 Å². The molecule has 0 bridgehead atoms. The third-order valence-electron chi connectivity index (χ3n) is 2.25. The number of hydrogen-bond donors (Lipinski definition) is 1. The summed E-state index contributed by atoms with van der Waals surface area (Å²) in [6.45, 7) is 1.54. The van der Waals surface area contributed by atoms with E-state index in [1.807, 2.05) is 0 Å². The maximum Gasteiger partial charge on any atom is 0.217 e. The van der Waals surface area contributed by atoms with Gasteiger partial charge in [0.15, 0.2) is 6.19 Å². The molecule has 4 heteroatoms. The normalized spacial score (nSPS) is 18.8. The summed E-state index contributed by atoms with van der Waals surface area (Å²) in [4.78, 5) is 12.3. The predicted octanol–water partition coefficient (Wildman–Crippen LogP) is 0.0549. The summed E-state index contributed by atoms with van der Waals surface area (Å²) >= 11 is 0. The summed E-state index contributed by atoms with van der Waals surface area (Å²) in [7, 11) is 0. The number of amides is 1. The van der Waals surface area contributed by atoms with E-state index in [1.165, 1.54) is 0 Å². The van der Waals surface area contributed by atoms with Gasteiger partial charge in [-0.15, -0.1) is 0 Å². The van der Waals surface area contributed by atoms with Gasteiger partial charge in [0.05, 0.1) is 0 Å². The van der Waals surface area contributed by atoms with E-state index < -0.39 is 0 Å². The zero-order valence-corrected chi connectivity index (χ0v) is 6.99. The highest BCUT2D eigenvalue weighted by molar-refractivity contribution is 5.73. The van der Waals surface area contributed by atoms with Crippen molar-refractivity contribution in [3.05, 3.63) is 0 Å². The summed E-state index contributed by atoms with van der Waals surface area (Å²) in [6, 6.07) is 0. The van der Waals surface area contributed by atoms with E-state index in [0.717, 1.165) is 25.9 Å². The average molecular weight is 167 g/mol. The van der Waals surface area contributed by atoms with Crippen molar-refractivity contribution in [3.8, 4) is 6.19 Å². The lowest BCUT2D eigenvalue weighted by Gasteiger charge is -2.26. The van der Waals surface area contributed by atoms with Crippen molar-refractivity contribution >= 4 is 5.91 Å². The van der Waals surface area contributed by atoms with Crippen LogP contribution in [0.2, 0.25) is 0 Å². The van der Waals surface area contributed by atoms with E-state index in [9.17, 15) is 4.79 Å². The Morgan fingerprint density at radius 3 is 2.58 bits per heavy atom. The van der Waals surface area contributed by atoms with Gasteiger partial charge in [0.1, 0.15) is 0 Å². The Kier molecular flexibility index (Phi) is 2.92. The Morgan fingerprint density at radius 2 is 2.17 bits per heavy atom. The second-order valence-electron chi connectivity index (χ2n) is 3.20. The predicted molar refractivity (Wildman–Crippen MR) is 43.7 cm³/mol. The number of rotatable bonds is 2. The van der Waals surface area contributed by atoms with Crippen molar-refractivity contribution in [3.63, 3.8) is 0 Å². The molecule has 1 amide bonds. The Labute approximate surface area is 71.9 Å². The van der Waals surface area contributed by atoms with Crippen LogP contribution in [0.3, 0.4) is 0 Å². The number of nitriles is 1. The quantitative estimate of drug-likeness (QED) is 0.591. The van der Waals surface area contributed by atoms with E-state index >= 15 is 0 Å². The molecule has 1 rings (SSSR count). The molecule has 2 N–H and O–H groups in total. The van der Waals surface area contributed by atoms with Gasteiger partial charge in [-0.3, -0.25) is 4.79 Å². The fourth-order valence-corrected chi connectivity index (χ4v) is 1.52. The van der Waals surface area contributed by atoms with Crippen LogP contribution in [0, 0.1) is 17.4 Å². The van der Waals surface area contributed by atoms with Crippen LogP contribution < -0.4 is 5.73 Å². The van der Waals surface area contributed by atoms with E-state index in [1.54, 1.807) is 4.90 Å². The number of hydrogen-bond acceptors (Lipinski definition) is 3. The van der Waals surface area contributed by atoms with Gasteiger partial charge in [-0.25, -0.2) is 0 Å². The molecule has 0 spiro atoms. The molecule has 0 aromatic carbocycles. The molecule has 1 aliphatic rings. The van der Waals surface area contributed by atoms with Crippen LogP contribution in [0.15, 0.2) is 0 Å². The number of nitrogens with zero attached hydrogens (tertiary/aromatic N) is 2. The highest BCUT2D eigenvalue weighted by Gasteiger charge is 2.19. The summed E-state index contributed by atoms with van der Waals surface area (Å²) < 4.78 is 0. The van der Waals surface area contributed by atoms with Crippen LogP contribution in [0.4, 0.5) is 0 Å². The van der Waals surface area contributed by atoms with Crippen molar-refractivity contribution in [2.75, 3.05) is 13.1 Å². The highest BCUT2D eigenvalue weighted by Crippen LogP contribution is 2.19. The minimum absolute atomic E-state index is 0.231. The lowest BCUT2D eigenvalue weighted by molar-refractivity contribution is -0.119. The Morgan fingerprint density at radius 1 is 1.58 bits per heavy atom. The Hall–Kier alpha value is -1.24. The fourth-order valence-electron chi connectivity index (χ4n) is 1.52. The topological polar surface area (TPSA) is 70.1 Å². The van der Waals surface area contributed by atoms with Crippen LogP contribution >= 0.6 is 0 Å². The first-order valence-corrected chi connectivity index (χ1v) is 4.15. The fraction of sp³-hybridized carbons (Fsp3) is 0.750. The van der Waals surface area contributed by atoms with Gasteiger partial charge in [-0.1, -0.05) is 0 Å². The van der Waals surface area contributed by atoms with Crippen molar-refractivity contribution < 1.29 is 4.79 Å². The molecule has 12 heavy (non-hydrogen) atoms. The molecule has 0 saturated carbocycles. The first-order valence-electron chi connectivity index (χ1n) is 4.15. The van der Waals surface area contributed by atoms with Crippen LogP contribution in [0.1, 0.15) is 19.3 Å². The van der Waals surface area contributed by atoms with Gasteiger partial charge < -0.3 is 10.6 Å². The van der Waals surface area contributed by atoms with Crippen molar-refractivity contribution in [2.24, 2.45) is 11.7 Å². The standard InChI is InChI=1S/C8H13N3O/c9-6-11-3-1-7(2-4-11)5-8(10)12/h7H,1-5H2,(H2,10,12). The second-order valence-corrected chi connectivity index (χ2v) is 3.20. The second kappa shape index (κ2) is 3.96. The smallest absolute Gasteiger partial charge is 0.217 e. The lowest BCUT2D eigenvalue weighted by Crippen LogP contribution is -2.31. The summed E-state index contributed by atoms with van der Waals surface area (Å²) in [5.41, 5.74) is 5.07. The Bertz CT molecular complexity index is 201. The van der Waals surface area contributed by atoms with Crippen LogP contribution in [0.5, 0.6) is 0 Å². The maximum absolute atomic E-state index is 10.6. The van der Waals surface area contributed by atoms with Gasteiger partial charge in [0.2, 0.25) is 5.91 Å². The summed E-state index contributed by atoms with van der Waals surface area (Å²) in [5, 5.41) is 8.54. The molecule has 1 heterocycles. The number of nitrogens with two attached hydrogens (primary N) is 1. The molecule has 0 aromatic rings. The molecular weight excluding hydrogens is 154 g/mol. The number of carbonyl (C=O) groups excluding carboxylic acids is 1. The third-order valence-corrected chi connectivity index (χ3v) is 2.25. The SMILES string of the molecule is N#CN1CCC(CC(N)=O)CC1. The minimum Gasteiger partial charge on any atom is -0.370 e. The molecule has 0 atom stereocenters. The van der Waals surface area contributed by atoms with Gasteiger partial charge >= 0.3 is 0 Å². The van der Waals surface area contributed by atoms with Crippen LogP contribution in [0.25, 0.3) is 0 Å². The van der Waals surface area contributed by atoms with Gasteiger partial charge in [-0.2, -0.15) is 5.26 Å². The molecule has 0 radical (unpaired) electrons. The molecule has 0 aromatic heterocycles. The number of likely N-dealkylation sites (tertiary alicyclic amines) is 1. The lowest BCUT2D eigenvalue weighted by atomic mass is 9.94. The summed E-state index contributed by atoms with van der Waals surface area (Å²) in [6.07, 6.45) is 4.39. The number of primary amides is 1. The largest absolute Gasteiger partial charge is 0.370 e.